The van der Waals surface area contributed by atoms with E-state index in [1.165, 1.54) is 22.4 Å². The lowest BCUT2D eigenvalue weighted by Gasteiger charge is -2.08. The maximum atomic E-state index is 4.00. The minimum Gasteiger partial charge on any atom is -0.381 e. The van der Waals surface area contributed by atoms with Crippen molar-refractivity contribution >= 4 is 5.69 Å². The third kappa shape index (κ3) is 2.60. The fourth-order valence-electron chi connectivity index (χ4n) is 1.56. The van der Waals surface area contributed by atoms with Crippen LogP contribution < -0.4 is 5.32 Å². The minimum absolute atomic E-state index is 0.838. The van der Waals surface area contributed by atoms with Crippen molar-refractivity contribution in [2.75, 3.05) is 5.32 Å². The predicted molar refractivity (Wildman–Crippen MR) is 67.5 cm³/mol. The first-order chi connectivity index (χ1) is 7.75. The summed E-state index contributed by atoms with van der Waals surface area (Å²) < 4.78 is 0. The van der Waals surface area contributed by atoms with Crippen LogP contribution in [-0.2, 0) is 6.54 Å². The summed E-state index contributed by atoms with van der Waals surface area (Å²) in [5.74, 6) is 0. The molecule has 0 bridgehead atoms. The summed E-state index contributed by atoms with van der Waals surface area (Å²) in [7, 11) is 0. The van der Waals surface area contributed by atoms with E-state index in [-0.39, 0.29) is 0 Å². The highest BCUT2D eigenvalue weighted by molar-refractivity contribution is 5.48. The van der Waals surface area contributed by atoms with Crippen LogP contribution in [0.2, 0.25) is 0 Å². The number of aryl methyl sites for hydroxylation is 2. The third-order valence-electron chi connectivity index (χ3n) is 2.75. The Morgan fingerprint density at radius 3 is 2.44 bits per heavy atom. The molecule has 1 N–H and O–H groups in total. The molecule has 0 aliphatic carbocycles. The summed E-state index contributed by atoms with van der Waals surface area (Å²) in [6.07, 6.45) is 3.63. The van der Waals surface area contributed by atoms with Gasteiger partial charge in [-0.25, -0.2) is 0 Å². The van der Waals surface area contributed by atoms with E-state index < -0.39 is 0 Å². The number of rotatable bonds is 3. The molecule has 2 nitrogen and oxygen atoms in total. The van der Waals surface area contributed by atoms with E-state index in [1.54, 1.807) is 0 Å². The molecule has 2 heteroatoms. The number of hydrogen-bond acceptors (Lipinski definition) is 2. The van der Waals surface area contributed by atoms with Crippen LogP contribution in [0.25, 0.3) is 0 Å². The molecule has 0 saturated carbocycles. The van der Waals surface area contributed by atoms with Gasteiger partial charge in [0.1, 0.15) is 0 Å². The summed E-state index contributed by atoms with van der Waals surface area (Å²) in [5, 5.41) is 3.40. The molecule has 0 fully saturated rings. The molecule has 0 saturated heterocycles. The Bertz CT molecular complexity index is 463. The molecule has 82 valence electrons. The quantitative estimate of drug-likeness (QED) is 0.844. The first-order valence-corrected chi connectivity index (χ1v) is 5.46. The van der Waals surface area contributed by atoms with E-state index in [0.717, 1.165) is 6.54 Å². The Labute approximate surface area is 96.4 Å². The lowest BCUT2D eigenvalue weighted by Crippen LogP contribution is -1.99. The van der Waals surface area contributed by atoms with Gasteiger partial charge in [-0.2, -0.15) is 0 Å². The molecule has 0 radical (unpaired) electrons. The van der Waals surface area contributed by atoms with E-state index in [1.807, 2.05) is 24.5 Å². The Morgan fingerprint density at radius 1 is 1.00 bits per heavy atom. The smallest absolute Gasteiger partial charge is 0.0401 e. The van der Waals surface area contributed by atoms with E-state index in [4.69, 9.17) is 0 Å². The van der Waals surface area contributed by atoms with Crippen molar-refractivity contribution in [1.82, 2.24) is 4.98 Å². The highest BCUT2D eigenvalue weighted by Gasteiger charge is 1.96. The summed E-state index contributed by atoms with van der Waals surface area (Å²) in [6, 6.07) is 10.5. The number of aromatic nitrogens is 1. The Balaban J connectivity index is 2.03. The SMILES string of the molecule is Cc1ccc(NCc2ccncc2)cc1C. The van der Waals surface area contributed by atoms with Crippen LogP contribution in [0.3, 0.4) is 0 Å². The second-order valence-electron chi connectivity index (χ2n) is 4.01. The standard InChI is InChI=1S/C14H16N2/c1-11-3-4-14(9-12(11)2)16-10-13-5-7-15-8-6-13/h3-9,16H,10H2,1-2H3. The molecule has 2 aromatic rings. The molecule has 2 rings (SSSR count). The number of hydrogen-bond donors (Lipinski definition) is 1. The summed E-state index contributed by atoms with van der Waals surface area (Å²) >= 11 is 0. The zero-order valence-corrected chi connectivity index (χ0v) is 9.70. The number of anilines is 1. The normalized spacial score (nSPS) is 10.1. The molecule has 16 heavy (non-hydrogen) atoms. The van der Waals surface area contributed by atoms with Crippen molar-refractivity contribution in [2.24, 2.45) is 0 Å². The largest absolute Gasteiger partial charge is 0.381 e. The van der Waals surface area contributed by atoms with Gasteiger partial charge in [0.2, 0.25) is 0 Å². The molecule has 1 heterocycles. The fourth-order valence-corrected chi connectivity index (χ4v) is 1.56. The highest BCUT2D eigenvalue weighted by atomic mass is 14.9. The van der Waals surface area contributed by atoms with E-state index in [9.17, 15) is 0 Å². The maximum absolute atomic E-state index is 4.00. The van der Waals surface area contributed by atoms with E-state index in [2.05, 4.69) is 42.3 Å². The zero-order chi connectivity index (χ0) is 11.4. The minimum atomic E-state index is 0.838. The van der Waals surface area contributed by atoms with Gasteiger partial charge < -0.3 is 5.32 Å². The number of benzene rings is 1. The molecule has 1 aromatic heterocycles. The molecule has 0 aliphatic heterocycles. The molecular formula is C14H16N2. The van der Waals surface area contributed by atoms with E-state index >= 15 is 0 Å². The molecule has 0 aliphatic rings. The molecule has 1 aromatic carbocycles. The summed E-state index contributed by atoms with van der Waals surface area (Å²) in [5.41, 5.74) is 5.06. The van der Waals surface area contributed by atoms with Crippen molar-refractivity contribution in [3.8, 4) is 0 Å². The van der Waals surface area contributed by atoms with Crippen LogP contribution in [0.4, 0.5) is 5.69 Å². The first-order valence-electron chi connectivity index (χ1n) is 5.46. The number of nitrogens with zero attached hydrogens (tertiary/aromatic N) is 1. The molecule has 0 amide bonds. The van der Waals surface area contributed by atoms with Crippen LogP contribution in [0.15, 0.2) is 42.7 Å². The van der Waals surface area contributed by atoms with Gasteiger partial charge in [-0.1, -0.05) is 6.07 Å². The lowest BCUT2D eigenvalue weighted by molar-refractivity contribution is 1.12. The van der Waals surface area contributed by atoms with Gasteiger partial charge in [-0.3, -0.25) is 4.98 Å². The molecule has 0 spiro atoms. The van der Waals surface area contributed by atoms with Gasteiger partial charge in [-0.15, -0.1) is 0 Å². The van der Waals surface area contributed by atoms with Crippen molar-refractivity contribution in [1.29, 1.82) is 0 Å². The van der Waals surface area contributed by atoms with Gasteiger partial charge in [0.25, 0.3) is 0 Å². The average Bonchev–Trinajstić information content (AvgIpc) is 2.32. The van der Waals surface area contributed by atoms with Crippen LogP contribution in [0.1, 0.15) is 16.7 Å². The lowest BCUT2D eigenvalue weighted by atomic mass is 10.1. The predicted octanol–water partition coefficient (Wildman–Crippen LogP) is 3.31. The third-order valence-corrected chi connectivity index (χ3v) is 2.75. The van der Waals surface area contributed by atoms with Crippen LogP contribution in [-0.4, -0.2) is 4.98 Å². The van der Waals surface area contributed by atoms with Crippen LogP contribution >= 0.6 is 0 Å². The Hall–Kier alpha value is -1.83. The highest BCUT2D eigenvalue weighted by Crippen LogP contribution is 2.14. The van der Waals surface area contributed by atoms with Gasteiger partial charge in [-0.05, 0) is 54.8 Å². The summed E-state index contributed by atoms with van der Waals surface area (Å²) in [6.45, 7) is 5.10. The topological polar surface area (TPSA) is 24.9 Å². The Kier molecular flexibility index (Phi) is 3.20. The van der Waals surface area contributed by atoms with E-state index in [0.29, 0.717) is 0 Å². The van der Waals surface area contributed by atoms with Gasteiger partial charge in [0.05, 0.1) is 0 Å². The molecular weight excluding hydrogens is 196 g/mol. The zero-order valence-electron chi connectivity index (χ0n) is 9.70. The van der Waals surface area contributed by atoms with Crippen molar-refractivity contribution in [3.05, 3.63) is 59.4 Å². The number of pyridine rings is 1. The van der Waals surface area contributed by atoms with Gasteiger partial charge in [0.15, 0.2) is 0 Å². The van der Waals surface area contributed by atoms with Crippen LogP contribution in [0, 0.1) is 13.8 Å². The Morgan fingerprint density at radius 2 is 1.75 bits per heavy atom. The van der Waals surface area contributed by atoms with Crippen LogP contribution in [0.5, 0.6) is 0 Å². The molecule has 0 unspecified atom stereocenters. The first kappa shape index (κ1) is 10.7. The summed E-state index contributed by atoms with van der Waals surface area (Å²) in [4.78, 5) is 4.00. The average molecular weight is 212 g/mol. The second-order valence-corrected chi connectivity index (χ2v) is 4.01. The maximum Gasteiger partial charge on any atom is 0.0401 e. The second kappa shape index (κ2) is 4.79. The van der Waals surface area contributed by atoms with Gasteiger partial charge >= 0.3 is 0 Å². The van der Waals surface area contributed by atoms with Crippen molar-refractivity contribution in [3.63, 3.8) is 0 Å². The van der Waals surface area contributed by atoms with Crippen molar-refractivity contribution in [2.45, 2.75) is 20.4 Å². The van der Waals surface area contributed by atoms with Gasteiger partial charge in [0, 0.05) is 24.6 Å². The monoisotopic (exact) mass is 212 g/mol. The fraction of sp³-hybridized carbons (Fsp3) is 0.214. The molecule has 0 atom stereocenters. The van der Waals surface area contributed by atoms with Crippen molar-refractivity contribution < 1.29 is 0 Å². The number of nitrogens with one attached hydrogen (secondary N) is 1.